The molecule has 3 aliphatic rings. The van der Waals surface area contributed by atoms with Crippen molar-refractivity contribution in [3.05, 3.63) is 11.6 Å². The van der Waals surface area contributed by atoms with Crippen LogP contribution in [0.5, 0.6) is 0 Å². The van der Waals surface area contributed by atoms with Crippen molar-refractivity contribution in [2.75, 3.05) is 6.61 Å². The fourth-order valence-corrected chi connectivity index (χ4v) is 3.66. The topological polar surface area (TPSA) is 90.9 Å². The Kier molecular flexibility index (Phi) is 4.28. The van der Waals surface area contributed by atoms with E-state index < -0.39 is 17.1 Å². The number of fused-ring (bicyclic) bond motifs is 1. The molecule has 4 unspecified atom stereocenters. The normalized spacial score (nSPS) is 33.9. The van der Waals surface area contributed by atoms with Crippen molar-refractivity contribution < 1.29 is 28.6 Å². The first-order valence-corrected chi connectivity index (χ1v) is 8.58. The molecule has 0 aromatic rings. The molecule has 25 heavy (non-hydrogen) atoms. The summed E-state index contributed by atoms with van der Waals surface area (Å²) < 4.78 is 17.5. The van der Waals surface area contributed by atoms with Crippen LogP contribution in [0.1, 0.15) is 41.0 Å². The first-order valence-electron chi connectivity index (χ1n) is 8.58. The maximum absolute atomic E-state index is 12.1. The molecule has 0 aromatic carbocycles. The second kappa shape index (κ2) is 5.92. The lowest BCUT2D eigenvalue weighted by atomic mass is 9.94. The van der Waals surface area contributed by atoms with Gasteiger partial charge in [0.15, 0.2) is 5.79 Å². The van der Waals surface area contributed by atoms with Crippen LogP contribution in [0.3, 0.4) is 0 Å². The third-order valence-corrected chi connectivity index (χ3v) is 4.81. The standard InChI is InChI=1S/C18H25NO6/c1-17(2,3)16(22)23-8-9-6-10(11-7-12(20)19-15(11)21)14-13(9)24-18(4,5)25-14/h7,9-10,13-14H,6,8H2,1-5H3,(H,19,20,21). The van der Waals surface area contributed by atoms with Crippen LogP contribution in [0.2, 0.25) is 0 Å². The van der Waals surface area contributed by atoms with Crippen LogP contribution in [0.4, 0.5) is 0 Å². The first-order chi connectivity index (χ1) is 11.5. The smallest absolute Gasteiger partial charge is 0.311 e. The Bertz CT molecular complexity index is 644. The summed E-state index contributed by atoms with van der Waals surface area (Å²) in [6.45, 7) is 9.23. The maximum Gasteiger partial charge on any atom is 0.311 e. The minimum atomic E-state index is -0.778. The van der Waals surface area contributed by atoms with E-state index >= 15 is 0 Å². The molecular weight excluding hydrogens is 326 g/mol. The van der Waals surface area contributed by atoms with Gasteiger partial charge >= 0.3 is 5.97 Å². The van der Waals surface area contributed by atoms with E-state index in [-0.39, 0.29) is 42.5 Å². The predicted molar refractivity (Wildman–Crippen MR) is 87.1 cm³/mol. The van der Waals surface area contributed by atoms with Gasteiger partial charge in [0.2, 0.25) is 0 Å². The molecule has 0 bridgehead atoms. The van der Waals surface area contributed by atoms with Crippen molar-refractivity contribution in [3.8, 4) is 0 Å². The van der Waals surface area contributed by atoms with Gasteiger partial charge in [0, 0.05) is 23.5 Å². The van der Waals surface area contributed by atoms with Crippen molar-refractivity contribution >= 4 is 17.8 Å². The lowest BCUT2D eigenvalue weighted by Gasteiger charge is -2.24. The lowest BCUT2D eigenvalue weighted by molar-refractivity contribution is -0.167. The molecule has 1 saturated heterocycles. The quantitative estimate of drug-likeness (QED) is 0.609. The highest BCUT2D eigenvalue weighted by molar-refractivity contribution is 6.16. The second-order valence-corrected chi connectivity index (χ2v) is 8.43. The van der Waals surface area contributed by atoms with Gasteiger partial charge < -0.3 is 14.2 Å². The average Bonchev–Trinajstić information content (AvgIpc) is 3.06. The highest BCUT2D eigenvalue weighted by atomic mass is 16.8. The third-order valence-electron chi connectivity index (χ3n) is 4.81. The Balaban J connectivity index is 1.77. The van der Waals surface area contributed by atoms with Gasteiger partial charge in [0.1, 0.15) is 0 Å². The zero-order chi connectivity index (χ0) is 18.6. The molecule has 7 nitrogen and oxygen atoms in total. The van der Waals surface area contributed by atoms with E-state index in [1.165, 1.54) is 6.08 Å². The summed E-state index contributed by atoms with van der Waals surface area (Å²) in [6, 6.07) is 0. The number of amides is 2. The van der Waals surface area contributed by atoms with Gasteiger partial charge in [-0.15, -0.1) is 0 Å². The molecule has 0 spiro atoms. The predicted octanol–water partition coefficient (Wildman–Crippen LogP) is 1.31. The van der Waals surface area contributed by atoms with Gasteiger partial charge in [-0.25, -0.2) is 0 Å². The van der Waals surface area contributed by atoms with E-state index in [1.54, 1.807) is 20.8 Å². The highest BCUT2D eigenvalue weighted by Crippen LogP contribution is 2.47. The van der Waals surface area contributed by atoms with Gasteiger partial charge in [-0.05, 0) is 41.0 Å². The number of esters is 1. The summed E-state index contributed by atoms with van der Waals surface area (Å²) >= 11 is 0. The minimum absolute atomic E-state index is 0.0903. The van der Waals surface area contributed by atoms with Crippen LogP contribution in [-0.2, 0) is 28.6 Å². The Morgan fingerprint density at radius 2 is 1.92 bits per heavy atom. The summed E-state index contributed by atoms with van der Waals surface area (Å²) in [7, 11) is 0. The van der Waals surface area contributed by atoms with E-state index in [2.05, 4.69) is 5.32 Å². The number of carbonyl (C=O) groups is 3. The monoisotopic (exact) mass is 351 g/mol. The van der Waals surface area contributed by atoms with Gasteiger partial charge in [-0.3, -0.25) is 19.7 Å². The molecule has 2 fully saturated rings. The fourth-order valence-electron chi connectivity index (χ4n) is 3.66. The van der Waals surface area contributed by atoms with Crippen molar-refractivity contribution in [2.45, 2.75) is 59.0 Å². The SMILES string of the molecule is CC1(C)OC2C(COC(=O)C(C)(C)C)CC(C3=CC(=O)NC3=O)C2O1. The molecule has 1 N–H and O–H groups in total. The average molecular weight is 351 g/mol. The number of ether oxygens (including phenoxy) is 3. The van der Waals surface area contributed by atoms with Crippen LogP contribution >= 0.6 is 0 Å². The molecule has 1 aliphatic carbocycles. The Morgan fingerprint density at radius 3 is 2.48 bits per heavy atom. The second-order valence-electron chi connectivity index (χ2n) is 8.43. The van der Waals surface area contributed by atoms with Gasteiger partial charge in [-0.2, -0.15) is 0 Å². The molecule has 138 valence electrons. The largest absolute Gasteiger partial charge is 0.465 e. The molecule has 0 radical (unpaired) electrons. The summed E-state index contributed by atoms with van der Waals surface area (Å²) in [5, 5.41) is 2.28. The van der Waals surface area contributed by atoms with Gasteiger partial charge in [-0.1, -0.05) is 0 Å². The summed E-state index contributed by atoms with van der Waals surface area (Å²) in [5.74, 6) is -2.19. The number of rotatable bonds is 3. The molecule has 7 heteroatoms. The van der Waals surface area contributed by atoms with E-state index in [9.17, 15) is 14.4 Å². The van der Waals surface area contributed by atoms with E-state index in [4.69, 9.17) is 14.2 Å². The van der Waals surface area contributed by atoms with Crippen LogP contribution in [0.15, 0.2) is 11.6 Å². The number of hydrogen-bond donors (Lipinski definition) is 1. The number of nitrogens with one attached hydrogen (secondary N) is 1. The Morgan fingerprint density at radius 1 is 1.28 bits per heavy atom. The summed E-state index contributed by atoms with van der Waals surface area (Å²) in [6.07, 6.45) is 1.28. The zero-order valence-corrected chi connectivity index (χ0v) is 15.3. The van der Waals surface area contributed by atoms with Crippen molar-refractivity contribution in [3.63, 3.8) is 0 Å². The number of carbonyl (C=O) groups excluding carboxylic acids is 3. The molecule has 2 heterocycles. The van der Waals surface area contributed by atoms with Crippen LogP contribution in [0.25, 0.3) is 0 Å². The zero-order valence-electron chi connectivity index (χ0n) is 15.3. The van der Waals surface area contributed by atoms with Crippen molar-refractivity contribution in [1.82, 2.24) is 5.32 Å². The maximum atomic E-state index is 12.1. The molecule has 1 saturated carbocycles. The van der Waals surface area contributed by atoms with Crippen molar-refractivity contribution in [2.24, 2.45) is 17.3 Å². The molecular formula is C18H25NO6. The highest BCUT2D eigenvalue weighted by Gasteiger charge is 2.56. The van der Waals surface area contributed by atoms with Crippen LogP contribution < -0.4 is 5.32 Å². The number of hydrogen-bond acceptors (Lipinski definition) is 6. The molecule has 4 atom stereocenters. The summed E-state index contributed by atoms with van der Waals surface area (Å²) in [4.78, 5) is 35.6. The third kappa shape index (κ3) is 3.48. The fraction of sp³-hybridized carbons (Fsp3) is 0.722. The van der Waals surface area contributed by atoms with Crippen molar-refractivity contribution in [1.29, 1.82) is 0 Å². The van der Waals surface area contributed by atoms with E-state index in [0.29, 0.717) is 12.0 Å². The first kappa shape index (κ1) is 18.1. The Labute approximate surface area is 147 Å². The minimum Gasteiger partial charge on any atom is -0.465 e. The molecule has 2 amide bonds. The summed E-state index contributed by atoms with van der Waals surface area (Å²) in [5.41, 5.74) is -0.157. The number of imide groups is 1. The molecule has 2 aliphatic heterocycles. The molecule has 0 aromatic heterocycles. The van der Waals surface area contributed by atoms with Gasteiger partial charge in [0.25, 0.3) is 11.8 Å². The van der Waals surface area contributed by atoms with Gasteiger partial charge in [0.05, 0.1) is 24.2 Å². The Hall–Kier alpha value is -1.73. The van der Waals surface area contributed by atoms with Crippen LogP contribution in [-0.4, -0.2) is 42.4 Å². The lowest BCUT2D eigenvalue weighted by Crippen LogP contribution is -2.31. The van der Waals surface area contributed by atoms with Crippen LogP contribution in [0, 0.1) is 17.3 Å². The van der Waals surface area contributed by atoms with E-state index in [1.807, 2.05) is 13.8 Å². The van der Waals surface area contributed by atoms with E-state index in [0.717, 1.165) is 0 Å². The molecule has 3 rings (SSSR count).